The van der Waals surface area contributed by atoms with Crippen LogP contribution in [0.4, 0.5) is 0 Å². The minimum Gasteiger partial charge on any atom is -0.287 e. The van der Waals surface area contributed by atoms with Crippen LogP contribution in [-0.4, -0.2) is 5.84 Å². The van der Waals surface area contributed by atoms with Crippen molar-refractivity contribution in [2.75, 3.05) is 0 Å². The van der Waals surface area contributed by atoms with Gasteiger partial charge in [-0.15, -0.1) is 0 Å². The van der Waals surface area contributed by atoms with Gasteiger partial charge in [0.15, 0.2) is 6.19 Å². The van der Waals surface area contributed by atoms with Crippen molar-refractivity contribution in [3.05, 3.63) is 0 Å². The summed E-state index contributed by atoms with van der Waals surface area (Å²) in [5, 5.41) is 17.6. The van der Waals surface area contributed by atoms with Gasteiger partial charge in [-0.05, 0) is 0 Å². The Hall–Kier alpha value is -1.04. The minimum absolute atomic E-state index is 0.240. The Morgan fingerprint density at radius 1 is 1.56 bits per heavy atom. The maximum absolute atomic E-state index is 8.10. The molecule has 3 heteroatoms. The molecule has 0 radical (unpaired) electrons. The van der Waals surface area contributed by atoms with E-state index in [0.717, 1.165) is 0 Å². The van der Waals surface area contributed by atoms with Crippen molar-refractivity contribution in [1.29, 1.82) is 10.7 Å². The fourth-order valence-electron chi connectivity index (χ4n) is 0.243. The van der Waals surface area contributed by atoms with Crippen molar-refractivity contribution in [3.63, 3.8) is 0 Å². The van der Waals surface area contributed by atoms with Crippen LogP contribution >= 0.6 is 0 Å². The third-order valence-electron chi connectivity index (χ3n) is 0.931. The average molecular weight is 125 g/mol. The summed E-state index contributed by atoms with van der Waals surface area (Å²) < 4.78 is 0. The van der Waals surface area contributed by atoms with E-state index in [4.69, 9.17) is 10.7 Å². The molecule has 0 heterocycles. The number of rotatable bonds is 0. The Kier molecular flexibility index (Phi) is 2.20. The molecule has 0 aliphatic heterocycles. The van der Waals surface area contributed by atoms with E-state index in [9.17, 15) is 0 Å². The third-order valence-corrected chi connectivity index (χ3v) is 0.931. The highest BCUT2D eigenvalue weighted by atomic mass is 14.9. The summed E-state index contributed by atoms with van der Waals surface area (Å²) in [5.74, 6) is 0.255. The van der Waals surface area contributed by atoms with E-state index in [0.29, 0.717) is 0 Å². The lowest BCUT2D eigenvalue weighted by Gasteiger charge is -2.16. The van der Waals surface area contributed by atoms with Gasteiger partial charge in [0.25, 0.3) is 0 Å². The van der Waals surface area contributed by atoms with Crippen LogP contribution in [0.3, 0.4) is 0 Å². The molecule has 0 aromatic heterocycles. The number of amidine groups is 1. The van der Waals surface area contributed by atoms with Crippen molar-refractivity contribution >= 4 is 5.84 Å². The molecule has 2 N–H and O–H groups in total. The molecule has 3 nitrogen and oxygen atoms in total. The Labute approximate surface area is 55.2 Å². The van der Waals surface area contributed by atoms with Crippen LogP contribution < -0.4 is 5.32 Å². The van der Waals surface area contributed by atoms with E-state index in [2.05, 4.69) is 5.32 Å². The second kappa shape index (κ2) is 2.49. The molecule has 0 saturated carbocycles. The average Bonchev–Trinajstić information content (AvgIpc) is 1.64. The molecule has 9 heavy (non-hydrogen) atoms. The number of hydrogen-bond acceptors (Lipinski definition) is 2. The Bertz CT molecular complexity index is 147. The minimum atomic E-state index is -0.240. The molecule has 0 bridgehead atoms. The molecule has 0 aromatic carbocycles. The Morgan fingerprint density at radius 2 is 2.00 bits per heavy atom. The van der Waals surface area contributed by atoms with Crippen molar-refractivity contribution in [2.24, 2.45) is 5.41 Å². The summed E-state index contributed by atoms with van der Waals surface area (Å²) in [4.78, 5) is 0. The number of hydrogen-bond donors (Lipinski definition) is 2. The van der Waals surface area contributed by atoms with Gasteiger partial charge in [-0.2, -0.15) is 5.26 Å². The van der Waals surface area contributed by atoms with Gasteiger partial charge in [0.05, 0.1) is 0 Å². The second-order valence-electron chi connectivity index (χ2n) is 2.86. The lowest BCUT2D eigenvalue weighted by atomic mass is 9.95. The molecule has 0 rings (SSSR count). The zero-order valence-electron chi connectivity index (χ0n) is 5.95. The molecule has 0 atom stereocenters. The normalized spacial score (nSPS) is 10.0. The standard InChI is InChI=1S/C6H11N3/c1-6(2,3)5(8)9-4-7/h1-3H3,(H2,8,9). The number of nitrogens with zero attached hydrogens (tertiary/aromatic N) is 1. The van der Waals surface area contributed by atoms with Gasteiger partial charge in [0.1, 0.15) is 5.84 Å². The van der Waals surface area contributed by atoms with Crippen LogP contribution in [0.2, 0.25) is 0 Å². The highest BCUT2D eigenvalue weighted by molar-refractivity contribution is 5.85. The lowest BCUT2D eigenvalue weighted by Crippen LogP contribution is -2.30. The van der Waals surface area contributed by atoms with Gasteiger partial charge >= 0.3 is 0 Å². The molecular formula is C6H11N3. The molecule has 0 aromatic rings. The maximum atomic E-state index is 8.10. The van der Waals surface area contributed by atoms with E-state index in [1.54, 1.807) is 6.19 Å². The van der Waals surface area contributed by atoms with Crippen LogP contribution in [-0.2, 0) is 0 Å². The van der Waals surface area contributed by atoms with E-state index in [1.807, 2.05) is 20.8 Å². The molecule has 50 valence electrons. The summed E-state index contributed by atoms with van der Waals surface area (Å²) in [5.41, 5.74) is -0.240. The van der Waals surface area contributed by atoms with Gasteiger partial charge in [-0.1, -0.05) is 20.8 Å². The zero-order valence-corrected chi connectivity index (χ0v) is 5.95. The third kappa shape index (κ3) is 2.70. The van der Waals surface area contributed by atoms with Crippen molar-refractivity contribution in [1.82, 2.24) is 5.32 Å². The van der Waals surface area contributed by atoms with E-state index < -0.39 is 0 Å². The number of nitriles is 1. The summed E-state index contributed by atoms with van der Waals surface area (Å²) in [6, 6.07) is 0. The van der Waals surface area contributed by atoms with Crippen LogP contribution in [0, 0.1) is 22.3 Å². The van der Waals surface area contributed by atoms with E-state index in [-0.39, 0.29) is 11.3 Å². The number of nitrogens with one attached hydrogen (secondary N) is 2. The van der Waals surface area contributed by atoms with Gasteiger partial charge in [-0.3, -0.25) is 10.7 Å². The lowest BCUT2D eigenvalue weighted by molar-refractivity contribution is 0.572. The monoisotopic (exact) mass is 125 g/mol. The second-order valence-corrected chi connectivity index (χ2v) is 2.86. The summed E-state index contributed by atoms with van der Waals surface area (Å²) in [6.07, 6.45) is 1.70. The molecular weight excluding hydrogens is 114 g/mol. The summed E-state index contributed by atoms with van der Waals surface area (Å²) >= 11 is 0. The molecule has 0 aliphatic rings. The van der Waals surface area contributed by atoms with Crippen molar-refractivity contribution in [2.45, 2.75) is 20.8 Å². The van der Waals surface area contributed by atoms with Gasteiger partial charge in [0, 0.05) is 5.41 Å². The molecule has 0 spiro atoms. The Morgan fingerprint density at radius 3 is 2.11 bits per heavy atom. The van der Waals surface area contributed by atoms with Crippen molar-refractivity contribution in [3.8, 4) is 6.19 Å². The first-order valence-corrected chi connectivity index (χ1v) is 2.72. The van der Waals surface area contributed by atoms with Crippen LogP contribution in [0.5, 0.6) is 0 Å². The quantitative estimate of drug-likeness (QED) is 0.220. The van der Waals surface area contributed by atoms with E-state index in [1.165, 1.54) is 0 Å². The molecule has 0 amide bonds. The Balaban J connectivity index is 3.93. The van der Waals surface area contributed by atoms with Gasteiger partial charge in [0.2, 0.25) is 0 Å². The summed E-state index contributed by atoms with van der Waals surface area (Å²) in [6.45, 7) is 5.62. The molecule has 0 fully saturated rings. The van der Waals surface area contributed by atoms with Crippen LogP contribution in [0.15, 0.2) is 0 Å². The predicted octanol–water partition coefficient (Wildman–Crippen LogP) is 1.08. The topological polar surface area (TPSA) is 59.7 Å². The van der Waals surface area contributed by atoms with Crippen LogP contribution in [0.25, 0.3) is 0 Å². The molecule has 0 unspecified atom stereocenters. The largest absolute Gasteiger partial charge is 0.287 e. The van der Waals surface area contributed by atoms with Crippen LogP contribution in [0.1, 0.15) is 20.8 Å². The zero-order chi connectivity index (χ0) is 7.49. The highest BCUT2D eigenvalue weighted by Crippen LogP contribution is 2.11. The first-order chi connectivity index (χ1) is 3.98. The first-order valence-electron chi connectivity index (χ1n) is 2.72. The predicted molar refractivity (Wildman–Crippen MR) is 35.9 cm³/mol. The molecule has 0 aliphatic carbocycles. The summed E-state index contributed by atoms with van der Waals surface area (Å²) in [7, 11) is 0. The fourth-order valence-corrected chi connectivity index (χ4v) is 0.243. The maximum Gasteiger partial charge on any atom is 0.182 e. The first kappa shape index (κ1) is 7.96. The molecule has 0 saturated heterocycles. The van der Waals surface area contributed by atoms with Crippen molar-refractivity contribution < 1.29 is 0 Å². The fraction of sp³-hybridized carbons (Fsp3) is 0.667. The van der Waals surface area contributed by atoms with E-state index >= 15 is 0 Å². The van der Waals surface area contributed by atoms with Gasteiger partial charge < -0.3 is 0 Å². The SMILES string of the molecule is CC(C)(C)C(=N)NC#N. The highest BCUT2D eigenvalue weighted by Gasteiger charge is 2.15. The van der Waals surface area contributed by atoms with Gasteiger partial charge in [-0.25, -0.2) is 0 Å². The smallest absolute Gasteiger partial charge is 0.182 e.